The Balaban J connectivity index is 1.88. The maximum Gasteiger partial charge on any atom is 0.231 e. The highest BCUT2D eigenvalue weighted by Crippen LogP contribution is 2.34. The van der Waals surface area contributed by atoms with Crippen molar-refractivity contribution < 1.29 is 4.74 Å². The molecule has 2 N–H and O–H groups in total. The van der Waals surface area contributed by atoms with Crippen LogP contribution in [0.4, 0.5) is 5.69 Å². The van der Waals surface area contributed by atoms with Crippen molar-refractivity contribution in [1.82, 2.24) is 15.0 Å². The Morgan fingerprint density at radius 1 is 1.00 bits per heavy atom. The molecule has 0 bridgehead atoms. The lowest BCUT2D eigenvalue weighted by Gasteiger charge is -2.09. The first-order chi connectivity index (χ1) is 10.3. The van der Waals surface area contributed by atoms with Gasteiger partial charge in [0.1, 0.15) is 16.7 Å². The van der Waals surface area contributed by atoms with Crippen LogP contribution < -0.4 is 10.5 Å². The number of hydrogen-bond donors (Lipinski definition) is 1. The largest absolute Gasteiger partial charge is 0.436 e. The summed E-state index contributed by atoms with van der Waals surface area (Å²) in [4.78, 5) is 13.7. The van der Waals surface area contributed by atoms with Gasteiger partial charge in [0, 0.05) is 17.3 Å². The summed E-state index contributed by atoms with van der Waals surface area (Å²) in [5, 5.41) is 3.72. The molecule has 1 aromatic carbocycles. The topological polar surface area (TPSA) is 73.9 Å². The zero-order valence-corrected chi connectivity index (χ0v) is 11.7. The maximum absolute atomic E-state index is 5.97. The molecule has 3 heterocycles. The lowest BCUT2D eigenvalue weighted by Crippen LogP contribution is -1.94. The molecule has 5 nitrogen and oxygen atoms in total. The average molecular weight is 294 g/mol. The fourth-order valence-electron chi connectivity index (χ4n) is 2.20. The second-order valence-corrected chi connectivity index (χ2v) is 5.37. The summed E-state index contributed by atoms with van der Waals surface area (Å²) in [6, 6.07) is 9.34. The number of hydrogen-bond acceptors (Lipinski definition) is 6. The average Bonchev–Trinajstić information content (AvgIpc) is 3.00. The van der Waals surface area contributed by atoms with Crippen LogP contribution in [0.5, 0.6) is 11.6 Å². The minimum absolute atomic E-state index is 0.526. The van der Waals surface area contributed by atoms with Gasteiger partial charge in [-0.1, -0.05) is 0 Å². The van der Waals surface area contributed by atoms with Gasteiger partial charge in [0.15, 0.2) is 5.75 Å². The van der Waals surface area contributed by atoms with Crippen molar-refractivity contribution in [2.75, 3.05) is 5.73 Å². The number of nitrogen functional groups attached to an aromatic ring is 1. The van der Waals surface area contributed by atoms with Crippen molar-refractivity contribution in [3.8, 4) is 11.6 Å². The van der Waals surface area contributed by atoms with E-state index in [0.29, 0.717) is 17.3 Å². The first-order valence-corrected chi connectivity index (χ1v) is 7.20. The van der Waals surface area contributed by atoms with E-state index in [0.717, 1.165) is 21.1 Å². The minimum Gasteiger partial charge on any atom is -0.436 e. The Labute approximate surface area is 124 Å². The summed E-state index contributed by atoms with van der Waals surface area (Å²) in [6.07, 6.45) is 3.22. The quantitative estimate of drug-likeness (QED) is 0.572. The van der Waals surface area contributed by atoms with Crippen molar-refractivity contribution in [2.45, 2.75) is 0 Å². The molecule has 3 aromatic heterocycles. The van der Waals surface area contributed by atoms with Crippen LogP contribution in [0.25, 0.3) is 21.1 Å². The minimum atomic E-state index is 0.526. The van der Waals surface area contributed by atoms with Crippen molar-refractivity contribution in [3.05, 3.63) is 48.2 Å². The third-order valence-electron chi connectivity index (χ3n) is 3.20. The third kappa shape index (κ3) is 1.96. The van der Waals surface area contributed by atoms with Crippen molar-refractivity contribution in [2.24, 2.45) is 0 Å². The summed E-state index contributed by atoms with van der Waals surface area (Å²) in [7, 11) is 0. The molecule has 21 heavy (non-hydrogen) atoms. The summed E-state index contributed by atoms with van der Waals surface area (Å²) in [5.41, 5.74) is 7.37. The molecule has 0 fully saturated rings. The number of thiophene rings is 1. The van der Waals surface area contributed by atoms with Crippen LogP contribution in [-0.2, 0) is 0 Å². The smallest absolute Gasteiger partial charge is 0.231 e. The van der Waals surface area contributed by atoms with Crippen molar-refractivity contribution >= 4 is 38.1 Å². The highest BCUT2D eigenvalue weighted by molar-refractivity contribution is 7.16. The van der Waals surface area contributed by atoms with Gasteiger partial charge >= 0.3 is 0 Å². The zero-order chi connectivity index (χ0) is 14.2. The molecule has 0 aliphatic rings. The lowest BCUT2D eigenvalue weighted by molar-refractivity contribution is 0.472. The molecule has 0 radical (unpaired) electrons. The lowest BCUT2D eigenvalue weighted by atomic mass is 10.1. The van der Waals surface area contributed by atoms with Gasteiger partial charge < -0.3 is 10.5 Å². The van der Waals surface area contributed by atoms with E-state index in [1.807, 2.05) is 35.7 Å². The number of anilines is 1. The van der Waals surface area contributed by atoms with E-state index < -0.39 is 0 Å². The Morgan fingerprint density at radius 3 is 2.90 bits per heavy atom. The molecule has 4 aromatic rings. The number of fused-ring (bicyclic) bond motifs is 2. The van der Waals surface area contributed by atoms with Crippen LogP contribution in [0.1, 0.15) is 0 Å². The molecule has 0 aliphatic heterocycles. The molecular formula is C15H10N4OS. The molecule has 0 saturated heterocycles. The third-order valence-corrected chi connectivity index (χ3v) is 4.02. The second-order valence-electron chi connectivity index (χ2n) is 4.47. The first-order valence-electron chi connectivity index (χ1n) is 6.32. The van der Waals surface area contributed by atoms with Crippen molar-refractivity contribution in [3.63, 3.8) is 0 Å². The van der Waals surface area contributed by atoms with Gasteiger partial charge in [-0.25, -0.2) is 9.97 Å². The van der Waals surface area contributed by atoms with Gasteiger partial charge in [0.05, 0.1) is 5.39 Å². The molecule has 0 atom stereocenters. The van der Waals surface area contributed by atoms with E-state index >= 15 is 0 Å². The molecule has 0 amide bonds. The summed E-state index contributed by atoms with van der Waals surface area (Å²) >= 11 is 1.55. The van der Waals surface area contributed by atoms with Gasteiger partial charge in [0.25, 0.3) is 0 Å². The highest BCUT2D eigenvalue weighted by Gasteiger charge is 2.11. The van der Waals surface area contributed by atoms with Crippen LogP contribution in [-0.4, -0.2) is 15.0 Å². The number of benzene rings is 1. The Morgan fingerprint density at radius 2 is 1.95 bits per heavy atom. The first kappa shape index (κ1) is 12.0. The predicted molar refractivity (Wildman–Crippen MR) is 83.6 cm³/mol. The Bertz CT molecular complexity index is 951. The van der Waals surface area contributed by atoms with Gasteiger partial charge in [-0.2, -0.15) is 0 Å². The van der Waals surface area contributed by atoms with E-state index in [4.69, 9.17) is 10.5 Å². The monoisotopic (exact) mass is 294 g/mol. The SMILES string of the molecule is Nc1ccc(Oc2ncnc3sccc23)c2ncccc12. The number of nitrogens with two attached hydrogens (primary N) is 1. The summed E-state index contributed by atoms with van der Waals surface area (Å²) in [6.45, 7) is 0. The van der Waals surface area contributed by atoms with E-state index in [1.54, 1.807) is 17.5 Å². The molecule has 6 heteroatoms. The molecule has 4 rings (SSSR count). The fourth-order valence-corrected chi connectivity index (χ4v) is 2.93. The number of aromatic nitrogens is 3. The van der Waals surface area contributed by atoms with E-state index in [-0.39, 0.29) is 0 Å². The molecular weight excluding hydrogens is 284 g/mol. The van der Waals surface area contributed by atoms with E-state index in [9.17, 15) is 0 Å². The molecule has 102 valence electrons. The standard InChI is InChI=1S/C15H10N4OS/c16-11-3-4-12(13-9(11)2-1-6-17-13)20-14-10-5-7-21-15(10)19-8-18-14/h1-8H,16H2. The van der Waals surface area contributed by atoms with E-state index in [2.05, 4.69) is 15.0 Å². The highest BCUT2D eigenvalue weighted by atomic mass is 32.1. The van der Waals surface area contributed by atoms with Crippen LogP contribution in [0.2, 0.25) is 0 Å². The molecule has 0 aliphatic carbocycles. The van der Waals surface area contributed by atoms with Crippen LogP contribution in [0, 0.1) is 0 Å². The van der Waals surface area contributed by atoms with Gasteiger partial charge in [-0.15, -0.1) is 11.3 Å². The van der Waals surface area contributed by atoms with Crippen molar-refractivity contribution in [1.29, 1.82) is 0 Å². The summed E-state index contributed by atoms with van der Waals surface area (Å²) < 4.78 is 5.96. The van der Waals surface area contributed by atoms with Gasteiger partial charge in [0.2, 0.25) is 5.88 Å². The molecule has 0 spiro atoms. The maximum atomic E-state index is 5.97. The van der Waals surface area contributed by atoms with Gasteiger partial charge in [-0.3, -0.25) is 4.98 Å². The van der Waals surface area contributed by atoms with Crippen LogP contribution >= 0.6 is 11.3 Å². The number of rotatable bonds is 2. The Hall–Kier alpha value is -2.73. The normalized spacial score (nSPS) is 11.0. The predicted octanol–water partition coefficient (Wildman–Crippen LogP) is 3.61. The van der Waals surface area contributed by atoms with Crippen LogP contribution in [0.15, 0.2) is 48.2 Å². The number of pyridine rings is 1. The Kier molecular flexibility index (Phi) is 2.68. The second kappa shape index (κ2) is 4.68. The fraction of sp³-hybridized carbons (Fsp3) is 0. The molecule has 0 unspecified atom stereocenters. The van der Waals surface area contributed by atoms with Gasteiger partial charge in [-0.05, 0) is 35.7 Å². The number of ether oxygens (including phenoxy) is 1. The molecule has 0 saturated carbocycles. The van der Waals surface area contributed by atoms with Crippen LogP contribution in [0.3, 0.4) is 0 Å². The van der Waals surface area contributed by atoms with E-state index in [1.165, 1.54) is 6.33 Å². The summed E-state index contributed by atoms with van der Waals surface area (Å²) in [5.74, 6) is 1.16. The number of nitrogens with zero attached hydrogens (tertiary/aromatic N) is 3. The zero-order valence-electron chi connectivity index (χ0n) is 10.9.